The predicted molar refractivity (Wildman–Crippen MR) is 110 cm³/mol. The van der Waals surface area contributed by atoms with Crippen LogP contribution in [0.25, 0.3) is 5.52 Å². The molecule has 0 amide bonds. The molecule has 28 heavy (non-hydrogen) atoms. The molecular weight excluding hydrogens is 374 g/mol. The number of fused-ring (bicyclic) bond motifs is 1. The van der Waals surface area contributed by atoms with Gasteiger partial charge in [-0.05, 0) is 49.1 Å². The molecule has 3 aromatic heterocycles. The molecule has 8 heteroatoms. The number of benzene rings is 1. The van der Waals surface area contributed by atoms with Crippen molar-refractivity contribution in [3.63, 3.8) is 0 Å². The Hall–Kier alpha value is -3.06. The second-order valence-electron chi connectivity index (χ2n) is 7.04. The Morgan fingerprint density at radius 1 is 1.18 bits per heavy atom. The summed E-state index contributed by atoms with van der Waals surface area (Å²) in [6, 6.07) is 13.9. The highest BCUT2D eigenvalue weighted by atomic mass is 35.5. The van der Waals surface area contributed by atoms with E-state index in [0.717, 1.165) is 28.6 Å². The molecular formula is C20H20ClN7. The molecule has 3 heterocycles. The molecule has 142 valence electrons. The molecule has 5 rings (SSSR count). The minimum Gasteiger partial charge on any atom is -0.353 e. The first-order valence-corrected chi connectivity index (χ1v) is 9.78. The average molecular weight is 394 g/mol. The van der Waals surface area contributed by atoms with Crippen LogP contribution in [-0.4, -0.2) is 31.3 Å². The lowest BCUT2D eigenvalue weighted by atomic mass is 10.1. The van der Waals surface area contributed by atoms with Crippen molar-refractivity contribution in [1.29, 1.82) is 0 Å². The zero-order valence-electron chi connectivity index (χ0n) is 15.2. The largest absolute Gasteiger partial charge is 0.353 e. The summed E-state index contributed by atoms with van der Waals surface area (Å²) in [5, 5.41) is 19.4. The number of nitrogens with one attached hydrogen (secondary N) is 3. The van der Waals surface area contributed by atoms with Gasteiger partial charge in [0, 0.05) is 35.4 Å². The normalized spacial score (nSPS) is 13.8. The lowest BCUT2D eigenvalue weighted by Gasteiger charge is -2.09. The van der Waals surface area contributed by atoms with Crippen molar-refractivity contribution in [2.75, 3.05) is 17.2 Å². The third-order valence-corrected chi connectivity index (χ3v) is 5.07. The van der Waals surface area contributed by atoms with E-state index in [1.165, 1.54) is 24.1 Å². The number of aromatic amines is 1. The van der Waals surface area contributed by atoms with E-state index >= 15 is 0 Å². The average Bonchev–Trinajstić information content (AvgIpc) is 3.23. The van der Waals surface area contributed by atoms with Crippen molar-refractivity contribution >= 4 is 34.7 Å². The van der Waals surface area contributed by atoms with E-state index in [2.05, 4.69) is 43.0 Å². The van der Waals surface area contributed by atoms with E-state index in [1.807, 2.05) is 41.0 Å². The maximum atomic E-state index is 6.05. The Kier molecular flexibility index (Phi) is 4.37. The highest BCUT2D eigenvalue weighted by Gasteiger charge is 2.25. The van der Waals surface area contributed by atoms with Gasteiger partial charge in [0.2, 0.25) is 5.95 Å². The van der Waals surface area contributed by atoms with E-state index in [0.29, 0.717) is 18.4 Å². The molecule has 1 saturated carbocycles. The lowest BCUT2D eigenvalue weighted by Crippen LogP contribution is -2.11. The number of nitrogens with zero attached hydrogens (tertiary/aromatic N) is 4. The van der Waals surface area contributed by atoms with E-state index in [4.69, 9.17) is 11.6 Å². The zero-order chi connectivity index (χ0) is 18.9. The molecule has 0 unspecified atom stereocenters. The Morgan fingerprint density at radius 3 is 2.96 bits per heavy atom. The van der Waals surface area contributed by atoms with Gasteiger partial charge < -0.3 is 10.6 Å². The Morgan fingerprint density at radius 2 is 2.11 bits per heavy atom. The first kappa shape index (κ1) is 17.1. The maximum absolute atomic E-state index is 6.05. The third kappa shape index (κ3) is 3.66. The molecule has 1 fully saturated rings. The van der Waals surface area contributed by atoms with Crippen molar-refractivity contribution < 1.29 is 0 Å². The second kappa shape index (κ2) is 7.16. The minimum atomic E-state index is 0.561. The van der Waals surface area contributed by atoms with Crippen LogP contribution in [0.2, 0.25) is 5.02 Å². The van der Waals surface area contributed by atoms with Crippen molar-refractivity contribution in [2.45, 2.75) is 25.2 Å². The van der Waals surface area contributed by atoms with Gasteiger partial charge in [0.15, 0.2) is 11.6 Å². The molecule has 7 nitrogen and oxygen atoms in total. The molecule has 0 aliphatic heterocycles. The van der Waals surface area contributed by atoms with Crippen molar-refractivity contribution in [1.82, 2.24) is 24.8 Å². The lowest BCUT2D eigenvalue weighted by molar-refractivity contribution is 0.886. The third-order valence-electron chi connectivity index (χ3n) is 4.84. The van der Waals surface area contributed by atoms with Crippen molar-refractivity contribution in [2.24, 2.45) is 0 Å². The predicted octanol–water partition coefficient (Wildman–Crippen LogP) is 4.38. The van der Waals surface area contributed by atoms with Gasteiger partial charge in [0.1, 0.15) is 5.52 Å². The fraction of sp³-hybridized carbons (Fsp3) is 0.250. The van der Waals surface area contributed by atoms with Crippen molar-refractivity contribution in [3.8, 4) is 0 Å². The van der Waals surface area contributed by atoms with Crippen LogP contribution in [0.1, 0.15) is 30.0 Å². The number of hydrogen-bond acceptors (Lipinski definition) is 5. The van der Waals surface area contributed by atoms with Crippen molar-refractivity contribution in [3.05, 3.63) is 64.9 Å². The molecule has 1 aromatic carbocycles. The Balaban J connectivity index is 1.33. The first-order valence-electron chi connectivity index (χ1n) is 9.41. The monoisotopic (exact) mass is 393 g/mol. The summed E-state index contributed by atoms with van der Waals surface area (Å²) >= 11 is 6.05. The topological polar surface area (TPSA) is 82.9 Å². The fourth-order valence-electron chi connectivity index (χ4n) is 3.24. The summed E-state index contributed by atoms with van der Waals surface area (Å²) in [6.45, 7) is 0.709. The molecule has 0 spiro atoms. The Bertz CT molecular complexity index is 1110. The van der Waals surface area contributed by atoms with Gasteiger partial charge in [-0.25, -0.2) is 4.52 Å². The molecule has 0 bridgehead atoms. The highest BCUT2D eigenvalue weighted by Crippen LogP contribution is 2.39. The fourth-order valence-corrected chi connectivity index (χ4v) is 3.45. The van der Waals surface area contributed by atoms with Crippen LogP contribution in [0.3, 0.4) is 0 Å². The van der Waals surface area contributed by atoms with Gasteiger partial charge in [-0.1, -0.05) is 23.7 Å². The Labute approximate surface area is 167 Å². The van der Waals surface area contributed by atoms with Crippen LogP contribution in [0, 0.1) is 0 Å². The molecule has 0 saturated heterocycles. The van der Waals surface area contributed by atoms with E-state index < -0.39 is 0 Å². The molecule has 0 atom stereocenters. The summed E-state index contributed by atoms with van der Waals surface area (Å²) in [5.41, 5.74) is 3.25. The van der Waals surface area contributed by atoms with Gasteiger partial charge >= 0.3 is 0 Å². The smallest absolute Gasteiger partial charge is 0.243 e. The summed E-state index contributed by atoms with van der Waals surface area (Å²) in [6.07, 6.45) is 5.21. The number of rotatable bonds is 7. The summed E-state index contributed by atoms with van der Waals surface area (Å²) < 4.78 is 1.81. The van der Waals surface area contributed by atoms with Crippen LogP contribution in [0.4, 0.5) is 17.6 Å². The first-order chi connectivity index (χ1) is 13.7. The molecule has 1 aliphatic carbocycles. The summed E-state index contributed by atoms with van der Waals surface area (Å²) in [4.78, 5) is 4.65. The maximum Gasteiger partial charge on any atom is 0.243 e. The van der Waals surface area contributed by atoms with E-state index in [1.54, 1.807) is 0 Å². The SMILES string of the molecule is Clc1cccc(CCNc2nc(Nc3cc(C4CC4)[nH]n3)c3cccn3n2)c1. The number of H-pyrrole nitrogens is 1. The quantitative estimate of drug-likeness (QED) is 0.434. The van der Waals surface area contributed by atoms with Gasteiger partial charge in [-0.3, -0.25) is 5.10 Å². The number of aromatic nitrogens is 5. The molecule has 0 radical (unpaired) electrons. The van der Waals surface area contributed by atoms with Gasteiger partial charge in [0.25, 0.3) is 0 Å². The van der Waals surface area contributed by atoms with Crippen LogP contribution in [0.15, 0.2) is 48.7 Å². The summed E-state index contributed by atoms with van der Waals surface area (Å²) in [7, 11) is 0. The molecule has 4 aromatic rings. The van der Waals surface area contributed by atoms with E-state index in [9.17, 15) is 0 Å². The highest BCUT2D eigenvalue weighted by molar-refractivity contribution is 6.30. The van der Waals surface area contributed by atoms with Gasteiger partial charge in [-0.15, -0.1) is 5.10 Å². The van der Waals surface area contributed by atoms with Crippen LogP contribution >= 0.6 is 11.6 Å². The minimum absolute atomic E-state index is 0.561. The zero-order valence-corrected chi connectivity index (χ0v) is 15.9. The number of halogens is 1. The molecule has 1 aliphatic rings. The van der Waals surface area contributed by atoms with Crippen LogP contribution in [-0.2, 0) is 6.42 Å². The number of anilines is 3. The van der Waals surface area contributed by atoms with E-state index in [-0.39, 0.29) is 0 Å². The molecule has 3 N–H and O–H groups in total. The number of hydrogen-bond donors (Lipinski definition) is 3. The van der Waals surface area contributed by atoms with Gasteiger partial charge in [0.05, 0.1) is 0 Å². The second-order valence-corrected chi connectivity index (χ2v) is 7.47. The van der Waals surface area contributed by atoms with Crippen LogP contribution in [0.5, 0.6) is 0 Å². The van der Waals surface area contributed by atoms with Crippen LogP contribution < -0.4 is 10.6 Å². The van der Waals surface area contributed by atoms with Gasteiger partial charge in [-0.2, -0.15) is 10.1 Å². The summed E-state index contributed by atoms with van der Waals surface area (Å²) in [5.74, 6) is 2.68. The standard InChI is InChI=1S/C20H20ClN7/c21-15-4-1-3-13(11-15)8-9-22-20-24-19(17-5-2-10-28(17)27-20)23-18-12-16(25-26-18)14-6-7-14/h1-5,10-12,14H,6-9H2,(H3,22,23,24,25,26,27).